The zero-order valence-electron chi connectivity index (χ0n) is 32.3. The summed E-state index contributed by atoms with van der Waals surface area (Å²) in [4.78, 5) is 10.7. The Labute approximate surface area is 319 Å². The molecule has 1 saturated heterocycles. The van der Waals surface area contributed by atoms with Gasteiger partial charge in [-0.1, -0.05) is 31.4 Å². The quantitative estimate of drug-likeness (QED) is 0.0988. The van der Waals surface area contributed by atoms with Crippen LogP contribution in [0.3, 0.4) is 0 Å². The highest BCUT2D eigenvalue weighted by Crippen LogP contribution is 2.39. The summed E-state index contributed by atoms with van der Waals surface area (Å²) in [7, 11) is 6.49. The van der Waals surface area contributed by atoms with Crippen LogP contribution in [0, 0.1) is 0 Å². The van der Waals surface area contributed by atoms with Crippen LogP contribution in [-0.2, 0) is 0 Å². The molecule has 1 aliphatic heterocycles. The maximum absolute atomic E-state index is 6.58. The van der Waals surface area contributed by atoms with Crippen LogP contribution in [0.1, 0.15) is 49.4 Å². The molecule has 0 spiro atoms. The molecule has 1 aliphatic rings. The van der Waals surface area contributed by atoms with Gasteiger partial charge in [0, 0.05) is 43.8 Å². The maximum Gasteiger partial charge on any atom is 0.203 e. The molecule has 9 nitrogen and oxygen atoms in total. The number of hydrogen-bond acceptors (Lipinski definition) is 10. The van der Waals surface area contributed by atoms with Crippen molar-refractivity contribution in [1.29, 1.82) is 0 Å². The molecular weight excluding hydrogens is 687 g/mol. The molecule has 0 amide bonds. The number of hydrogen-bond donors (Lipinski definition) is 0. The van der Waals surface area contributed by atoms with Crippen LogP contribution in [-0.4, -0.2) is 93.7 Å². The summed E-state index contributed by atoms with van der Waals surface area (Å²) >= 11 is 1.61. The second-order valence-electron chi connectivity index (χ2n) is 13.1. The number of methoxy groups -OCH3 is 4. The topological polar surface area (TPSA) is 74.8 Å². The van der Waals surface area contributed by atoms with Gasteiger partial charge < -0.3 is 28.4 Å². The van der Waals surface area contributed by atoms with Crippen molar-refractivity contribution in [3.05, 3.63) is 89.5 Å². The summed E-state index contributed by atoms with van der Waals surface area (Å²) in [5, 5.41) is 0.948. The Morgan fingerprint density at radius 2 is 1.19 bits per heavy atom. The van der Waals surface area contributed by atoms with Gasteiger partial charge in [0.2, 0.25) is 5.75 Å². The van der Waals surface area contributed by atoms with Crippen molar-refractivity contribution in [1.82, 2.24) is 14.8 Å². The van der Waals surface area contributed by atoms with Crippen molar-refractivity contribution >= 4 is 35.6 Å². The second-order valence-corrected chi connectivity index (χ2v) is 14.1. The Morgan fingerprint density at radius 1 is 0.642 bits per heavy atom. The Morgan fingerprint density at radius 3 is 1.70 bits per heavy atom. The van der Waals surface area contributed by atoms with Gasteiger partial charge in [-0.3, -0.25) is 9.80 Å². The molecule has 1 aromatic heterocycles. The van der Waals surface area contributed by atoms with Gasteiger partial charge in [-0.15, -0.1) is 11.3 Å². The van der Waals surface area contributed by atoms with Crippen molar-refractivity contribution in [3.63, 3.8) is 0 Å². The van der Waals surface area contributed by atoms with Gasteiger partial charge in [0.25, 0.3) is 0 Å². The van der Waals surface area contributed by atoms with Gasteiger partial charge in [-0.25, -0.2) is 4.98 Å². The van der Waals surface area contributed by atoms with E-state index in [0.29, 0.717) is 28.7 Å². The van der Waals surface area contributed by atoms with Gasteiger partial charge >= 0.3 is 0 Å². The average molecular weight is 740 g/mol. The zero-order chi connectivity index (χ0) is 38.1. The van der Waals surface area contributed by atoms with E-state index in [1.165, 1.54) is 0 Å². The van der Waals surface area contributed by atoms with E-state index in [2.05, 4.69) is 62.8 Å². The lowest BCUT2D eigenvalue weighted by Gasteiger charge is -2.43. The van der Waals surface area contributed by atoms with Crippen LogP contribution < -0.4 is 28.4 Å². The maximum atomic E-state index is 6.58. The van der Waals surface area contributed by atoms with E-state index in [1.54, 1.807) is 45.9 Å². The Bertz CT molecular complexity index is 1810. The third-order valence-corrected chi connectivity index (χ3v) is 11.1. The first-order valence-corrected chi connectivity index (χ1v) is 18.8. The minimum absolute atomic E-state index is 0.0225. The SMILES string of the molecule is C=Cc1nc(-c2ccc(OC(C)C(C)N3CCN(C(C)C(C)Oc4cc(/C=C\c5cc(OC)c(OC)c(OC)c5)ccc4OC)CC3)cc2)sc1C=C. The van der Waals surface area contributed by atoms with E-state index in [-0.39, 0.29) is 24.3 Å². The highest BCUT2D eigenvalue weighted by Gasteiger charge is 2.30. The van der Waals surface area contributed by atoms with E-state index >= 15 is 0 Å². The highest BCUT2D eigenvalue weighted by molar-refractivity contribution is 7.16. The fourth-order valence-electron chi connectivity index (χ4n) is 6.47. The van der Waals surface area contributed by atoms with Crippen molar-refractivity contribution in [2.24, 2.45) is 0 Å². The monoisotopic (exact) mass is 739 g/mol. The largest absolute Gasteiger partial charge is 0.493 e. The minimum atomic E-state index is -0.0662. The fraction of sp³-hybridized carbons (Fsp3) is 0.372. The molecule has 0 saturated carbocycles. The Hall–Kier alpha value is -4.77. The number of piperazine rings is 1. The summed E-state index contributed by atoms with van der Waals surface area (Å²) in [5.74, 6) is 4.03. The van der Waals surface area contributed by atoms with Crippen LogP contribution in [0.2, 0.25) is 0 Å². The summed E-state index contributed by atoms with van der Waals surface area (Å²) in [6, 6.07) is 18.4. The van der Waals surface area contributed by atoms with Crippen LogP contribution in [0.15, 0.2) is 67.8 Å². The summed E-state index contributed by atoms with van der Waals surface area (Å²) in [6.07, 6.45) is 7.59. The summed E-state index contributed by atoms with van der Waals surface area (Å²) in [6.45, 7) is 20.3. The van der Waals surface area contributed by atoms with Crippen LogP contribution in [0.5, 0.6) is 34.5 Å². The predicted octanol–water partition coefficient (Wildman–Crippen LogP) is 8.93. The van der Waals surface area contributed by atoms with Crippen LogP contribution in [0.4, 0.5) is 0 Å². The molecule has 1 fully saturated rings. The molecule has 5 rings (SSSR count). The lowest BCUT2D eigenvalue weighted by molar-refractivity contribution is 0.0119. The summed E-state index contributed by atoms with van der Waals surface area (Å²) in [5.41, 5.74) is 3.82. The van der Waals surface area contributed by atoms with Gasteiger partial charge in [0.15, 0.2) is 23.0 Å². The predicted molar refractivity (Wildman–Crippen MR) is 218 cm³/mol. The van der Waals surface area contributed by atoms with E-state index in [9.17, 15) is 0 Å². The van der Waals surface area contributed by atoms with E-state index in [0.717, 1.165) is 64.2 Å². The fourth-order valence-corrected chi connectivity index (χ4v) is 7.40. The third-order valence-electron chi connectivity index (χ3n) is 10.00. The van der Waals surface area contributed by atoms with Gasteiger partial charge in [0.05, 0.1) is 39.0 Å². The minimum Gasteiger partial charge on any atom is -0.493 e. The van der Waals surface area contributed by atoms with Crippen molar-refractivity contribution < 1.29 is 28.4 Å². The van der Waals surface area contributed by atoms with E-state index < -0.39 is 0 Å². The number of aromatic nitrogens is 1. The molecule has 0 bridgehead atoms. The molecule has 3 aromatic carbocycles. The first-order valence-electron chi connectivity index (χ1n) is 18.0. The first kappa shape index (κ1) is 39.4. The molecule has 4 aromatic rings. The molecule has 2 heterocycles. The Balaban J connectivity index is 1.15. The molecule has 4 unspecified atom stereocenters. The lowest BCUT2D eigenvalue weighted by Crippen LogP contribution is -2.56. The molecule has 10 heteroatoms. The number of ether oxygens (including phenoxy) is 6. The number of thiazole rings is 1. The molecule has 0 N–H and O–H groups in total. The van der Waals surface area contributed by atoms with Crippen molar-refractivity contribution in [3.8, 4) is 45.1 Å². The molecule has 4 atom stereocenters. The molecule has 0 radical (unpaired) electrons. The number of nitrogens with zero attached hydrogens (tertiary/aromatic N) is 3. The smallest absolute Gasteiger partial charge is 0.203 e. The second kappa shape index (κ2) is 18.3. The average Bonchev–Trinajstić information content (AvgIpc) is 3.63. The Kier molecular flexibility index (Phi) is 13.6. The molecule has 282 valence electrons. The normalized spacial score (nSPS) is 16.0. The highest BCUT2D eigenvalue weighted by atomic mass is 32.1. The van der Waals surface area contributed by atoms with E-state index in [4.69, 9.17) is 33.4 Å². The van der Waals surface area contributed by atoms with Crippen molar-refractivity contribution in [2.45, 2.75) is 52.0 Å². The van der Waals surface area contributed by atoms with Crippen LogP contribution in [0.25, 0.3) is 34.9 Å². The number of rotatable bonds is 17. The molecule has 53 heavy (non-hydrogen) atoms. The molecular formula is C43H53N3O6S. The van der Waals surface area contributed by atoms with Gasteiger partial charge in [0.1, 0.15) is 23.0 Å². The zero-order valence-corrected chi connectivity index (χ0v) is 33.1. The van der Waals surface area contributed by atoms with Gasteiger partial charge in [-0.2, -0.15) is 0 Å². The summed E-state index contributed by atoms with van der Waals surface area (Å²) < 4.78 is 35.2. The van der Waals surface area contributed by atoms with E-state index in [1.807, 2.05) is 60.7 Å². The first-order chi connectivity index (χ1) is 25.6. The lowest BCUT2D eigenvalue weighted by atomic mass is 10.1. The van der Waals surface area contributed by atoms with Crippen molar-refractivity contribution in [2.75, 3.05) is 54.6 Å². The third kappa shape index (κ3) is 9.43. The number of benzene rings is 3. The van der Waals surface area contributed by atoms with Gasteiger partial charge in [-0.05, 0) is 99.5 Å². The van der Waals surface area contributed by atoms with Crippen LogP contribution >= 0.6 is 11.3 Å². The molecule has 0 aliphatic carbocycles. The standard InChI is InChI=1S/C43H53N3O6S/c1-11-36-41(12-2)53-43(44-36)34-16-18-35(19-17-34)51-30(5)28(3)45-21-23-46(24-22-45)29(4)31(6)52-38-25-32(15-20-37(38)47-7)13-14-33-26-39(48-8)42(50-10)40(27-33)49-9/h11-20,25-31H,1-2,21-24H2,3-10H3/b14-13-.